The van der Waals surface area contributed by atoms with Gasteiger partial charge in [0.05, 0.1) is 6.26 Å². The van der Waals surface area contributed by atoms with Crippen molar-refractivity contribution in [1.29, 1.82) is 0 Å². The standard InChI is InChI=1S/C15H23N3O4S/c1-3-4-10-18(15(20)12-8-6-5-7-9-12)13(14(16)19)11-17-23(2,21)22/h5-9,13,17H,3-4,10-11H2,1-2H3,(H2,16,19)/t13-/m0/s1. The molecule has 0 aliphatic heterocycles. The Bertz CT molecular complexity index is 631. The summed E-state index contributed by atoms with van der Waals surface area (Å²) >= 11 is 0. The van der Waals surface area contributed by atoms with E-state index in [1.54, 1.807) is 30.3 Å². The summed E-state index contributed by atoms with van der Waals surface area (Å²) in [6, 6.07) is 7.47. The molecule has 1 atom stereocenters. The summed E-state index contributed by atoms with van der Waals surface area (Å²) < 4.78 is 24.8. The van der Waals surface area contributed by atoms with Crippen LogP contribution in [0.2, 0.25) is 0 Å². The number of nitrogens with two attached hydrogens (primary N) is 1. The van der Waals surface area contributed by atoms with Gasteiger partial charge >= 0.3 is 0 Å². The van der Waals surface area contributed by atoms with Gasteiger partial charge in [0, 0.05) is 18.7 Å². The third-order valence-electron chi connectivity index (χ3n) is 3.28. The fourth-order valence-corrected chi connectivity index (χ4v) is 2.53. The lowest BCUT2D eigenvalue weighted by molar-refractivity contribution is -0.122. The maximum atomic E-state index is 12.7. The van der Waals surface area contributed by atoms with E-state index in [9.17, 15) is 18.0 Å². The van der Waals surface area contributed by atoms with Crippen molar-refractivity contribution in [3.8, 4) is 0 Å². The third-order valence-corrected chi connectivity index (χ3v) is 3.97. The van der Waals surface area contributed by atoms with Gasteiger partial charge in [0.2, 0.25) is 15.9 Å². The van der Waals surface area contributed by atoms with Crippen LogP contribution in [0.5, 0.6) is 0 Å². The minimum Gasteiger partial charge on any atom is -0.368 e. The summed E-state index contributed by atoms with van der Waals surface area (Å²) in [4.78, 5) is 25.7. The van der Waals surface area contributed by atoms with Crippen molar-refractivity contribution in [2.45, 2.75) is 25.8 Å². The molecule has 1 aromatic carbocycles. The van der Waals surface area contributed by atoms with Crippen LogP contribution in [0.15, 0.2) is 30.3 Å². The number of nitrogens with zero attached hydrogens (tertiary/aromatic N) is 1. The SMILES string of the molecule is CCCCN(C(=O)c1ccccc1)[C@@H](CNS(C)(=O)=O)C(N)=O. The molecule has 0 saturated carbocycles. The van der Waals surface area contributed by atoms with Crippen LogP contribution in [0.1, 0.15) is 30.1 Å². The predicted octanol–water partition coefficient (Wildman–Crippen LogP) is 0.332. The lowest BCUT2D eigenvalue weighted by atomic mass is 10.1. The first-order valence-electron chi connectivity index (χ1n) is 7.36. The Kier molecular flexibility index (Phi) is 7.18. The second-order valence-electron chi connectivity index (χ2n) is 5.26. The predicted molar refractivity (Wildman–Crippen MR) is 88.2 cm³/mol. The molecule has 8 heteroatoms. The highest BCUT2D eigenvalue weighted by atomic mass is 32.2. The molecule has 0 bridgehead atoms. The number of unbranched alkanes of at least 4 members (excludes halogenated alkanes) is 1. The van der Waals surface area contributed by atoms with E-state index >= 15 is 0 Å². The summed E-state index contributed by atoms with van der Waals surface area (Å²) in [5.74, 6) is -1.10. The first-order valence-corrected chi connectivity index (χ1v) is 9.25. The highest BCUT2D eigenvalue weighted by Crippen LogP contribution is 2.10. The molecular formula is C15H23N3O4S. The second-order valence-corrected chi connectivity index (χ2v) is 7.09. The van der Waals surface area contributed by atoms with Gasteiger partial charge in [-0.1, -0.05) is 31.5 Å². The van der Waals surface area contributed by atoms with Crippen molar-refractivity contribution in [1.82, 2.24) is 9.62 Å². The lowest BCUT2D eigenvalue weighted by Crippen LogP contribution is -2.53. The molecule has 7 nitrogen and oxygen atoms in total. The zero-order valence-corrected chi connectivity index (χ0v) is 14.2. The molecule has 1 rings (SSSR count). The van der Waals surface area contributed by atoms with Crippen molar-refractivity contribution in [3.63, 3.8) is 0 Å². The molecule has 23 heavy (non-hydrogen) atoms. The zero-order chi connectivity index (χ0) is 17.5. The van der Waals surface area contributed by atoms with Crippen molar-refractivity contribution in [2.75, 3.05) is 19.3 Å². The van der Waals surface area contributed by atoms with Crippen LogP contribution in [0.3, 0.4) is 0 Å². The molecule has 1 aromatic rings. The number of hydrogen-bond acceptors (Lipinski definition) is 4. The molecule has 0 spiro atoms. The first kappa shape index (κ1) is 19.1. The number of amides is 2. The molecule has 0 radical (unpaired) electrons. The Morgan fingerprint density at radius 2 is 1.87 bits per heavy atom. The summed E-state index contributed by atoms with van der Waals surface area (Å²) in [6.07, 6.45) is 2.49. The van der Waals surface area contributed by atoms with Crippen molar-refractivity contribution < 1.29 is 18.0 Å². The summed E-state index contributed by atoms with van der Waals surface area (Å²) in [5.41, 5.74) is 5.81. The van der Waals surface area contributed by atoms with Gasteiger partial charge < -0.3 is 10.6 Å². The van der Waals surface area contributed by atoms with E-state index in [0.717, 1.165) is 12.7 Å². The number of rotatable bonds is 9. The van der Waals surface area contributed by atoms with Gasteiger partial charge in [0.15, 0.2) is 0 Å². The van der Waals surface area contributed by atoms with Crippen LogP contribution in [0.4, 0.5) is 0 Å². The quantitative estimate of drug-likeness (QED) is 0.674. The monoisotopic (exact) mass is 341 g/mol. The van der Waals surface area contributed by atoms with Crippen molar-refractivity contribution in [3.05, 3.63) is 35.9 Å². The van der Waals surface area contributed by atoms with Crippen LogP contribution in [-0.4, -0.2) is 50.5 Å². The molecule has 0 fully saturated rings. The fourth-order valence-electron chi connectivity index (χ4n) is 2.07. The number of nitrogens with one attached hydrogen (secondary N) is 1. The van der Waals surface area contributed by atoms with Crippen LogP contribution in [0, 0.1) is 0 Å². The highest BCUT2D eigenvalue weighted by molar-refractivity contribution is 7.88. The molecule has 0 heterocycles. The Labute approximate surface area is 136 Å². The molecular weight excluding hydrogens is 318 g/mol. The van der Waals surface area contributed by atoms with E-state index < -0.39 is 22.0 Å². The van der Waals surface area contributed by atoms with E-state index in [2.05, 4.69) is 4.72 Å². The van der Waals surface area contributed by atoms with E-state index in [1.165, 1.54) is 4.90 Å². The number of primary amides is 1. The average molecular weight is 341 g/mol. The summed E-state index contributed by atoms with van der Waals surface area (Å²) in [7, 11) is -3.49. The Morgan fingerprint density at radius 3 is 2.35 bits per heavy atom. The average Bonchev–Trinajstić information content (AvgIpc) is 2.49. The van der Waals surface area contributed by atoms with Crippen molar-refractivity contribution in [2.24, 2.45) is 5.73 Å². The summed E-state index contributed by atoms with van der Waals surface area (Å²) in [6.45, 7) is 2.04. The second kappa shape index (κ2) is 8.64. The Morgan fingerprint density at radius 1 is 1.26 bits per heavy atom. The molecule has 128 valence electrons. The lowest BCUT2D eigenvalue weighted by Gasteiger charge is -2.30. The topological polar surface area (TPSA) is 110 Å². The van der Waals surface area contributed by atoms with Crippen LogP contribution < -0.4 is 10.5 Å². The van der Waals surface area contributed by atoms with Crippen LogP contribution in [0.25, 0.3) is 0 Å². The minimum atomic E-state index is -3.49. The first-order chi connectivity index (χ1) is 10.8. The number of hydrogen-bond donors (Lipinski definition) is 2. The molecule has 2 amide bonds. The highest BCUT2D eigenvalue weighted by Gasteiger charge is 2.29. The number of sulfonamides is 1. The van der Waals surface area contributed by atoms with Gasteiger partial charge in [0.1, 0.15) is 6.04 Å². The third kappa shape index (κ3) is 6.37. The van der Waals surface area contributed by atoms with Gasteiger partial charge in [-0.25, -0.2) is 13.1 Å². The van der Waals surface area contributed by atoms with Gasteiger partial charge in [-0.15, -0.1) is 0 Å². The van der Waals surface area contributed by atoms with Crippen molar-refractivity contribution >= 4 is 21.8 Å². The normalized spacial score (nSPS) is 12.6. The maximum Gasteiger partial charge on any atom is 0.254 e. The van der Waals surface area contributed by atoms with E-state index in [-0.39, 0.29) is 12.5 Å². The largest absolute Gasteiger partial charge is 0.368 e. The number of carbonyl (C=O) groups is 2. The fraction of sp³-hybridized carbons (Fsp3) is 0.467. The van der Waals surface area contributed by atoms with E-state index in [0.29, 0.717) is 18.5 Å². The Balaban J connectivity index is 3.04. The smallest absolute Gasteiger partial charge is 0.254 e. The molecule has 0 aromatic heterocycles. The van der Waals surface area contributed by atoms with Crippen LogP contribution >= 0.6 is 0 Å². The van der Waals surface area contributed by atoms with E-state index in [1.807, 2.05) is 6.92 Å². The van der Waals surface area contributed by atoms with E-state index in [4.69, 9.17) is 5.73 Å². The minimum absolute atomic E-state index is 0.240. The molecule has 0 saturated heterocycles. The molecule has 0 aliphatic carbocycles. The van der Waals surface area contributed by atoms with Gasteiger partial charge in [-0.2, -0.15) is 0 Å². The zero-order valence-electron chi connectivity index (χ0n) is 13.4. The van der Waals surface area contributed by atoms with Gasteiger partial charge in [-0.05, 0) is 18.6 Å². The van der Waals surface area contributed by atoms with Gasteiger partial charge in [0.25, 0.3) is 5.91 Å². The number of benzene rings is 1. The summed E-state index contributed by atoms with van der Waals surface area (Å²) in [5, 5.41) is 0. The van der Waals surface area contributed by atoms with Gasteiger partial charge in [-0.3, -0.25) is 9.59 Å². The van der Waals surface area contributed by atoms with Crippen LogP contribution in [-0.2, 0) is 14.8 Å². The molecule has 0 aliphatic rings. The maximum absolute atomic E-state index is 12.7. The molecule has 3 N–H and O–H groups in total. The number of carbonyl (C=O) groups excluding carboxylic acids is 2. The Hall–Kier alpha value is -1.93. The molecule has 0 unspecified atom stereocenters.